The molecule has 0 aromatic heterocycles. The lowest BCUT2D eigenvalue weighted by Gasteiger charge is -2.34. The third kappa shape index (κ3) is 3.48. The zero-order valence-electron chi connectivity index (χ0n) is 12.7. The number of hydrogen-bond donors (Lipinski definition) is 1. The van der Waals surface area contributed by atoms with Gasteiger partial charge in [0.25, 0.3) is 0 Å². The summed E-state index contributed by atoms with van der Waals surface area (Å²) >= 11 is 0. The predicted molar refractivity (Wildman–Crippen MR) is 77.8 cm³/mol. The maximum atomic E-state index is 12.2. The van der Waals surface area contributed by atoms with Crippen LogP contribution in [-0.2, 0) is 4.79 Å². The Labute approximate surface area is 117 Å². The van der Waals surface area contributed by atoms with Gasteiger partial charge in [0.2, 0.25) is 5.91 Å². The third-order valence-corrected chi connectivity index (χ3v) is 4.64. The van der Waals surface area contributed by atoms with E-state index in [-0.39, 0.29) is 12.2 Å². The molecule has 0 bridgehead atoms. The molecule has 2 unspecified atom stereocenters. The van der Waals surface area contributed by atoms with Gasteiger partial charge >= 0.3 is 0 Å². The fraction of sp³-hybridized carbons (Fsp3) is 0.933. The van der Waals surface area contributed by atoms with Crippen molar-refractivity contribution in [3.63, 3.8) is 0 Å². The number of hydrogen-bond acceptors (Lipinski definition) is 3. The molecule has 0 saturated carbocycles. The van der Waals surface area contributed by atoms with Crippen molar-refractivity contribution in [1.29, 1.82) is 0 Å². The number of piperidine rings is 1. The first-order chi connectivity index (χ1) is 9.15. The second kappa shape index (κ2) is 6.71. The number of nitrogens with one attached hydrogen (secondary N) is 1. The van der Waals surface area contributed by atoms with E-state index in [9.17, 15) is 4.79 Å². The van der Waals surface area contributed by atoms with E-state index in [0.717, 1.165) is 25.9 Å². The van der Waals surface area contributed by atoms with Crippen LogP contribution >= 0.6 is 0 Å². The van der Waals surface area contributed by atoms with Crippen LogP contribution < -0.4 is 5.32 Å². The molecule has 2 atom stereocenters. The summed E-state index contributed by atoms with van der Waals surface area (Å²) in [5.74, 6) is 0.995. The second-order valence-electron chi connectivity index (χ2n) is 6.06. The van der Waals surface area contributed by atoms with Gasteiger partial charge in [-0.15, -0.1) is 0 Å². The molecule has 110 valence electrons. The summed E-state index contributed by atoms with van der Waals surface area (Å²) in [5.41, 5.74) is 0. The Morgan fingerprint density at radius 2 is 1.95 bits per heavy atom. The van der Waals surface area contributed by atoms with Gasteiger partial charge in [-0.05, 0) is 51.7 Å². The predicted octanol–water partition coefficient (Wildman–Crippen LogP) is 1.66. The van der Waals surface area contributed by atoms with Crippen LogP contribution in [0, 0.1) is 5.92 Å². The molecule has 19 heavy (non-hydrogen) atoms. The molecule has 0 radical (unpaired) electrons. The van der Waals surface area contributed by atoms with Crippen LogP contribution in [0.2, 0.25) is 0 Å². The first kappa shape index (κ1) is 14.8. The second-order valence-corrected chi connectivity index (χ2v) is 6.06. The van der Waals surface area contributed by atoms with Crippen LogP contribution in [0.25, 0.3) is 0 Å². The number of carbonyl (C=O) groups is 1. The highest BCUT2D eigenvalue weighted by Crippen LogP contribution is 2.22. The van der Waals surface area contributed by atoms with Crippen molar-refractivity contribution in [2.24, 2.45) is 5.92 Å². The Morgan fingerprint density at radius 3 is 2.53 bits per heavy atom. The number of carbonyl (C=O) groups excluding carboxylic acids is 1. The molecule has 4 heteroatoms. The minimum atomic E-state index is 0.00674. The first-order valence-corrected chi connectivity index (χ1v) is 7.94. The maximum Gasteiger partial charge on any atom is 0.240 e. The van der Waals surface area contributed by atoms with Crippen LogP contribution in [0.4, 0.5) is 0 Å². The molecule has 2 aliphatic rings. The molecule has 2 saturated heterocycles. The molecule has 1 amide bonds. The Bertz CT molecular complexity index is 300. The molecule has 0 aliphatic carbocycles. The summed E-state index contributed by atoms with van der Waals surface area (Å²) in [5, 5.41) is 3.43. The van der Waals surface area contributed by atoms with Gasteiger partial charge in [-0.3, -0.25) is 10.1 Å². The normalized spacial score (nSPS) is 30.3. The fourth-order valence-electron chi connectivity index (χ4n) is 3.35. The summed E-state index contributed by atoms with van der Waals surface area (Å²) in [6.07, 6.45) is 4.96. The highest BCUT2D eigenvalue weighted by Gasteiger charge is 2.36. The lowest BCUT2D eigenvalue weighted by Crippen LogP contribution is -2.43. The SMILES string of the molecule is CCCC1NC(C)C(=O)N1CC1CCN(CC)CC1. The summed E-state index contributed by atoms with van der Waals surface area (Å²) in [4.78, 5) is 16.9. The van der Waals surface area contributed by atoms with Crippen molar-refractivity contribution >= 4 is 5.91 Å². The van der Waals surface area contributed by atoms with Gasteiger partial charge < -0.3 is 9.80 Å². The molecule has 2 rings (SSSR count). The Balaban J connectivity index is 1.88. The minimum absolute atomic E-state index is 0.00674. The van der Waals surface area contributed by atoms with E-state index in [1.807, 2.05) is 6.92 Å². The lowest BCUT2D eigenvalue weighted by atomic mass is 9.96. The maximum absolute atomic E-state index is 12.2. The zero-order chi connectivity index (χ0) is 13.8. The quantitative estimate of drug-likeness (QED) is 0.823. The molecular formula is C15H29N3O. The Hall–Kier alpha value is -0.610. The van der Waals surface area contributed by atoms with Gasteiger partial charge in [-0.2, -0.15) is 0 Å². The molecule has 0 aromatic carbocycles. The monoisotopic (exact) mass is 267 g/mol. The largest absolute Gasteiger partial charge is 0.326 e. The van der Waals surface area contributed by atoms with Crippen LogP contribution in [0.3, 0.4) is 0 Å². The summed E-state index contributed by atoms with van der Waals surface area (Å²) < 4.78 is 0. The van der Waals surface area contributed by atoms with E-state index in [0.29, 0.717) is 11.8 Å². The molecule has 0 spiro atoms. The van der Waals surface area contributed by atoms with Gasteiger partial charge in [0.1, 0.15) is 0 Å². The van der Waals surface area contributed by atoms with Gasteiger partial charge in [0.05, 0.1) is 12.2 Å². The summed E-state index contributed by atoms with van der Waals surface area (Å²) in [6, 6.07) is 0.00674. The van der Waals surface area contributed by atoms with E-state index < -0.39 is 0 Å². The van der Waals surface area contributed by atoms with E-state index in [4.69, 9.17) is 0 Å². The van der Waals surface area contributed by atoms with Crippen LogP contribution in [0.15, 0.2) is 0 Å². The van der Waals surface area contributed by atoms with E-state index in [1.54, 1.807) is 0 Å². The van der Waals surface area contributed by atoms with Crippen molar-refractivity contribution in [1.82, 2.24) is 15.1 Å². The third-order valence-electron chi connectivity index (χ3n) is 4.64. The number of likely N-dealkylation sites (tertiary alicyclic amines) is 1. The van der Waals surface area contributed by atoms with Gasteiger partial charge in [0.15, 0.2) is 0 Å². The van der Waals surface area contributed by atoms with Crippen molar-refractivity contribution in [3.8, 4) is 0 Å². The highest BCUT2D eigenvalue weighted by atomic mass is 16.2. The van der Waals surface area contributed by atoms with E-state index in [2.05, 4.69) is 29.0 Å². The lowest BCUT2D eigenvalue weighted by molar-refractivity contribution is -0.130. The molecular weight excluding hydrogens is 238 g/mol. The van der Waals surface area contributed by atoms with Crippen LogP contribution in [0.5, 0.6) is 0 Å². The van der Waals surface area contributed by atoms with Gasteiger partial charge in [-0.1, -0.05) is 20.3 Å². The van der Waals surface area contributed by atoms with Crippen molar-refractivity contribution in [2.45, 2.75) is 58.7 Å². The van der Waals surface area contributed by atoms with Crippen LogP contribution in [-0.4, -0.2) is 54.1 Å². The highest BCUT2D eigenvalue weighted by molar-refractivity contribution is 5.83. The Morgan fingerprint density at radius 1 is 1.26 bits per heavy atom. The van der Waals surface area contributed by atoms with Gasteiger partial charge in [-0.25, -0.2) is 0 Å². The van der Waals surface area contributed by atoms with Crippen molar-refractivity contribution < 1.29 is 4.79 Å². The molecule has 0 aromatic rings. The topological polar surface area (TPSA) is 35.6 Å². The van der Waals surface area contributed by atoms with E-state index in [1.165, 1.54) is 25.9 Å². The number of rotatable bonds is 5. The summed E-state index contributed by atoms with van der Waals surface area (Å²) in [7, 11) is 0. The minimum Gasteiger partial charge on any atom is -0.326 e. The molecule has 2 heterocycles. The summed E-state index contributed by atoms with van der Waals surface area (Å²) in [6.45, 7) is 10.9. The standard InChI is InChI=1S/C15H29N3O/c1-4-6-14-16-12(3)15(19)18(14)11-13-7-9-17(5-2)10-8-13/h12-14,16H,4-11H2,1-3H3. The van der Waals surface area contributed by atoms with Crippen molar-refractivity contribution in [3.05, 3.63) is 0 Å². The molecule has 4 nitrogen and oxygen atoms in total. The van der Waals surface area contributed by atoms with E-state index >= 15 is 0 Å². The molecule has 1 N–H and O–H groups in total. The average molecular weight is 267 g/mol. The first-order valence-electron chi connectivity index (χ1n) is 7.94. The van der Waals surface area contributed by atoms with Crippen LogP contribution in [0.1, 0.15) is 46.5 Å². The number of nitrogens with zero attached hydrogens (tertiary/aromatic N) is 2. The van der Waals surface area contributed by atoms with Crippen molar-refractivity contribution in [2.75, 3.05) is 26.2 Å². The molecule has 2 fully saturated rings. The Kier molecular flexibility index (Phi) is 5.22. The molecule has 2 aliphatic heterocycles. The fourth-order valence-corrected chi connectivity index (χ4v) is 3.35. The number of amides is 1. The average Bonchev–Trinajstić information content (AvgIpc) is 2.68. The zero-order valence-corrected chi connectivity index (χ0v) is 12.7. The smallest absolute Gasteiger partial charge is 0.240 e. The van der Waals surface area contributed by atoms with Gasteiger partial charge in [0, 0.05) is 6.54 Å².